The first-order valence-electron chi connectivity index (χ1n) is 9.51. The van der Waals surface area contributed by atoms with Gasteiger partial charge < -0.3 is 15.1 Å². The van der Waals surface area contributed by atoms with Crippen molar-refractivity contribution < 1.29 is 4.79 Å². The molecule has 1 aromatic heterocycles. The Morgan fingerprint density at radius 3 is 2.85 bits per heavy atom. The normalized spacial score (nSPS) is 15.4. The molecule has 144 valence electrons. The van der Waals surface area contributed by atoms with Crippen molar-refractivity contribution in [3.05, 3.63) is 58.9 Å². The van der Waals surface area contributed by atoms with Crippen molar-refractivity contribution in [2.75, 3.05) is 37.6 Å². The van der Waals surface area contributed by atoms with Gasteiger partial charge in [0.2, 0.25) is 5.91 Å². The molecule has 1 aliphatic rings. The second kappa shape index (κ2) is 9.72. The van der Waals surface area contributed by atoms with E-state index in [0.717, 1.165) is 44.7 Å². The minimum Gasteiger partial charge on any atom is -0.370 e. The Morgan fingerprint density at radius 1 is 1.19 bits per heavy atom. The number of carbonyl (C=O) groups is 1. The first kappa shape index (κ1) is 19.6. The Hall–Kier alpha value is -2.11. The number of carbonyl (C=O) groups excluding carboxylic acids is 1. The number of nitrogens with one attached hydrogen (secondary N) is 1. The minimum absolute atomic E-state index is 0.0704. The minimum atomic E-state index is 0.0704. The monoisotopic (exact) mass is 386 g/mol. The van der Waals surface area contributed by atoms with Crippen LogP contribution in [0.1, 0.15) is 24.0 Å². The first-order chi connectivity index (χ1) is 13.1. The fourth-order valence-corrected chi connectivity index (χ4v) is 3.64. The highest BCUT2D eigenvalue weighted by molar-refractivity contribution is 6.31. The summed E-state index contributed by atoms with van der Waals surface area (Å²) in [5.41, 5.74) is 3.43. The maximum absolute atomic E-state index is 12.2. The van der Waals surface area contributed by atoms with Crippen LogP contribution in [0.4, 0.5) is 5.69 Å². The zero-order chi connectivity index (χ0) is 19.1. The van der Waals surface area contributed by atoms with Gasteiger partial charge >= 0.3 is 0 Å². The molecule has 1 saturated heterocycles. The third kappa shape index (κ3) is 5.68. The topological polar surface area (TPSA) is 48.5 Å². The third-order valence-corrected chi connectivity index (χ3v) is 5.38. The van der Waals surface area contributed by atoms with Gasteiger partial charge in [-0.3, -0.25) is 9.78 Å². The molecule has 5 nitrogen and oxygen atoms in total. The number of rotatable bonds is 6. The van der Waals surface area contributed by atoms with Gasteiger partial charge in [0, 0.05) is 62.2 Å². The van der Waals surface area contributed by atoms with Crippen LogP contribution in [0.15, 0.2) is 42.7 Å². The molecule has 0 radical (unpaired) electrons. The summed E-state index contributed by atoms with van der Waals surface area (Å²) >= 11 is 6.13. The molecule has 1 amide bonds. The van der Waals surface area contributed by atoms with E-state index in [9.17, 15) is 4.79 Å². The zero-order valence-corrected chi connectivity index (χ0v) is 16.6. The van der Waals surface area contributed by atoms with Gasteiger partial charge in [0.25, 0.3) is 0 Å². The number of hydrogen-bond acceptors (Lipinski definition) is 4. The van der Waals surface area contributed by atoms with Crippen LogP contribution in [0, 0.1) is 6.92 Å². The fraction of sp³-hybridized carbons (Fsp3) is 0.429. The SMILES string of the molecule is Cc1cnccc1N1CCCN(CCC(=O)NCc2ccccc2Cl)CC1. The number of aryl methyl sites for hydroxylation is 1. The summed E-state index contributed by atoms with van der Waals surface area (Å²) in [6.45, 7) is 7.39. The van der Waals surface area contributed by atoms with E-state index < -0.39 is 0 Å². The van der Waals surface area contributed by atoms with Gasteiger partial charge in [-0.05, 0) is 43.1 Å². The summed E-state index contributed by atoms with van der Waals surface area (Å²) in [4.78, 5) is 21.2. The summed E-state index contributed by atoms with van der Waals surface area (Å²) in [6, 6.07) is 9.70. The average molecular weight is 387 g/mol. The van der Waals surface area contributed by atoms with Gasteiger partial charge in [0.1, 0.15) is 0 Å². The van der Waals surface area contributed by atoms with Crippen LogP contribution in [-0.2, 0) is 11.3 Å². The summed E-state index contributed by atoms with van der Waals surface area (Å²) in [5, 5.41) is 3.66. The van der Waals surface area contributed by atoms with Gasteiger partial charge in [-0.2, -0.15) is 0 Å². The number of nitrogens with zero attached hydrogens (tertiary/aromatic N) is 3. The summed E-state index contributed by atoms with van der Waals surface area (Å²) in [7, 11) is 0. The third-order valence-electron chi connectivity index (χ3n) is 5.01. The molecule has 3 rings (SSSR count). The van der Waals surface area contributed by atoms with Crippen molar-refractivity contribution in [1.29, 1.82) is 0 Å². The van der Waals surface area contributed by atoms with Crippen molar-refractivity contribution in [2.24, 2.45) is 0 Å². The number of hydrogen-bond donors (Lipinski definition) is 1. The highest BCUT2D eigenvalue weighted by atomic mass is 35.5. The molecular formula is C21H27ClN4O. The van der Waals surface area contributed by atoms with Gasteiger partial charge in [-0.15, -0.1) is 0 Å². The van der Waals surface area contributed by atoms with E-state index >= 15 is 0 Å². The van der Waals surface area contributed by atoms with E-state index in [1.165, 1.54) is 11.3 Å². The lowest BCUT2D eigenvalue weighted by Crippen LogP contribution is -2.34. The van der Waals surface area contributed by atoms with Crippen LogP contribution >= 0.6 is 11.6 Å². The molecule has 2 aromatic rings. The fourth-order valence-electron chi connectivity index (χ4n) is 3.44. The molecule has 1 fully saturated rings. The molecule has 0 aliphatic carbocycles. The zero-order valence-electron chi connectivity index (χ0n) is 15.8. The second-order valence-electron chi connectivity index (χ2n) is 6.96. The molecule has 1 aliphatic heterocycles. The predicted octanol–water partition coefficient (Wildman–Crippen LogP) is 3.26. The van der Waals surface area contributed by atoms with E-state index in [4.69, 9.17) is 11.6 Å². The van der Waals surface area contributed by atoms with Crippen LogP contribution in [0.2, 0.25) is 5.02 Å². The number of pyridine rings is 1. The predicted molar refractivity (Wildman–Crippen MR) is 110 cm³/mol. The van der Waals surface area contributed by atoms with Crippen molar-refractivity contribution in [2.45, 2.75) is 26.3 Å². The van der Waals surface area contributed by atoms with Crippen LogP contribution in [0.3, 0.4) is 0 Å². The molecule has 0 saturated carbocycles. The Bertz CT molecular complexity index is 767. The molecule has 0 atom stereocenters. The summed E-state index contributed by atoms with van der Waals surface area (Å²) in [6.07, 6.45) is 5.39. The molecule has 2 heterocycles. The van der Waals surface area contributed by atoms with E-state index in [0.29, 0.717) is 18.0 Å². The Kier molecular flexibility index (Phi) is 7.07. The van der Waals surface area contributed by atoms with E-state index in [2.05, 4.69) is 33.1 Å². The van der Waals surface area contributed by atoms with Crippen molar-refractivity contribution >= 4 is 23.2 Å². The van der Waals surface area contributed by atoms with E-state index in [1.54, 1.807) is 0 Å². The highest BCUT2D eigenvalue weighted by Crippen LogP contribution is 2.20. The summed E-state index contributed by atoms with van der Waals surface area (Å²) < 4.78 is 0. The average Bonchev–Trinajstić information content (AvgIpc) is 2.92. The Morgan fingerprint density at radius 2 is 2.04 bits per heavy atom. The van der Waals surface area contributed by atoms with Crippen molar-refractivity contribution in [3.63, 3.8) is 0 Å². The maximum atomic E-state index is 12.2. The molecule has 1 aromatic carbocycles. The number of benzene rings is 1. The lowest BCUT2D eigenvalue weighted by Gasteiger charge is -2.25. The number of halogens is 1. The van der Waals surface area contributed by atoms with E-state index in [1.807, 2.05) is 36.7 Å². The smallest absolute Gasteiger partial charge is 0.221 e. The van der Waals surface area contributed by atoms with Gasteiger partial charge in [0.15, 0.2) is 0 Å². The van der Waals surface area contributed by atoms with Crippen molar-refractivity contribution in [1.82, 2.24) is 15.2 Å². The van der Waals surface area contributed by atoms with Crippen LogP contribution in [0.25, 0.3) is 0 Å². The van der Waals surface area contributed by atoms with Crippen LogP contribution in [0.5, 0.6) is 0 Å². The maximum Gasteiger partial charge on any atom is 0.221 e. The molecule has 27 heavy (non-hydrogen) atoms. The molecule has 1 N–H and O–H groups in total. The van der Waals surface area contributed by atoms with Gasteiger partial charge in [-0.25, -0.2) is 0 Å². The Balaban J connectivity index is 1.43. The second-order valence-corrected chi connectivity index (χ2v) is 7.37. The van der Waals surface area contributed by atoms with Crippen LogP contribution in [-0.4, -0.2) is 48.5 Å². The number of anilines is 1. The number of amides is 1. The lowest BCUT2D eigenvalue weighted by atomic mass is 10.2. The summed E-state index contributed by atoms with van der Waals surface area (Å²) in [5.74, 6) is 0.0704. The number of aromatic nitrogens is 1. The van der Waals surface area contributed by atoms with Gasteiger partial charge in [0.05, 0.1) is 0 Å². The first-order valence-corrected chi connectivity index (χ1v) is 9.89. The molecule has 0 spiro atoms. The highest BCUT2D eigenvalue weighted by Gasteiger charge is 2.17. The van der Waals surface area contributed by atoms with Crippen molar-refractivity contribution in [3.8, 4) is 0 Å². The standard InChI is InChI=1S/C21H27ClN4O/c1-17-15-23-9-7-20(17)26-11-4-10-25(13-14-26)12-8-21(27)24-16-18-5-2-3-6-19(18)22/h2-3,5-7,9,15H,4,8,10-14,16H2,1H3,(H,24,27). The molecular weight excluding hydrogens is 360 g/mol. The van der Waals surface area contributed by atoms with Crippen LogP contribution < -0.4 is 10.2 Å². The molecule has 0 bridgehead atoms. The van der Waals surface area contributed by atoms with Gasteiger partial charge in [-0.1, -0.05) is 29.8 Å². The Labute approximate surface area is 166 Å². The largest absolute Gasteiger partial charge is 0.370 e. The quantitative estimate of drug-likeness (QED) is 0.827. The molecule has 0 unspecified atom stereocenters. The molecule has 6 heteroatoms. The van der Waals surface area contributed by atoms with E-state index in [-0.39, 0.29) is 5.91 Å². The lowest BCUT2D eigenvalue weighted by molar-refractivity contribution is -0.121.